The van der Waals surface area contributed by atoms with Crippen molar-refractivity contribution in [3.05, 3.63) is 34.4 Å². The fourth-order valence-corrected chi connectivity index (χ4v) is 8.09. The average molecular weight is 417 g/mol. The van der Waals surface area contributed by atoms with Crippen molar-refractivity contribution in [2.75, 3.05) is 0 Å². The highest BCUT2D eigenvalue weighted by atomic mass is 16.4. The van der Waals surface area contributed by atoms with Crippen molar-refractivity contribution in [3.63, 3.8) is 0 Å². The number of ketones is 1. The Morgan fingerprint density at radius 2 is 1.80 bits per heavy atom. The molecule has 0 amide bonds. The highest BCUT2D eigenvalue weighted by Crippen LogP contribution is 2.69. The lowest BCUT2D eigenvalue weighted by Crippen LogP contribution is -2.70. The summed E-state index contributed by atoms with van der Waals surface area (Å²) in [4.78, 5) is 25.1. The molecule has 164 valence electrons. The number of rotatable bonds is 1. The van der Waals surface area contributed by atoms with Crippen LogP contribution >= 0.6 is 0 Å². The number of carbonyl (C=O) groups is 1. The molecule has 6 heteroatoms. The minimum atomic E-state index is -1.27. The standard InChI is InChI=1S/C24H32O6/c1-22-9-7-15(25)11-14(22)4-5-17-19(22)20(27)21(28)23(2)16(8-10-24(17,23)29)13-3-6-18(26)30-12-13/h3,6,12,14-17,19,21,25,28-29H,4-5,7-11H2,1-2H3/t14-,15+,16-,17-,19-,21-,22+,23+,24+/m1/s1. The van der Waals surface area contributed by atoms with Gasteiger partial charge in [0.05, 0.1) is 18.0 Å². The van der Waals surface area contributed by atoms with Gasteiger partial charge in [-0.1, -0.05) is 13.8 Å². The maximum Gasteiger partial charge on any atom is 0.335 e. The molecule has 0 unspecified atom stereocenters. The Balaban J connectivity index is 1.58. The van der Waals surface area contributed by atoms with Gasteiger partial charge in [0.25, 0.3) is 0 Å². The molecule has 9 atom stereocenters. The van der Waals surface area contributed by atoms with Crippen molar-refractivity contribution in [1.82, 2.24) is 0 Å². The SMILES string of the molecule is C[C@]12CC[C@H](O)C[C@H]1CC[C@@H]1[C@@H]2C(=O)[C@@H](O)[C@]2(C)[C@@H](c3ccc(=O)oc3)CC[C@]12O. The first-order chi connectivity index (χ1) is 14.1. The molecule has 0 saturated heterocycles. The summed E-state index contributed by atoms with van der Waals surface area (Å²) in [7, 11) is 0. The van der Waals surface area contributed by atoms with Crippen LogP contribution in [0.5, 0.6) is 0 Å². The summed E-state index contributed by atoms with van der Waals surface area (Å²) in [6.45, 7) is 3.98. The summed E-state index contributed by atoms with van der Waals surface area (Å²) >= 11 is 0. The molecule has 5 rings (SSSR count). The van der Waals surface area contributed by atoms with Crippen LogP contribution in [-0.2, 0) is 4.79 Å². The van der Waals surface area contributed by atoms with Crippen molar-refractivity contribution in [2.45, 2.75) is 82.5 Å². The maximum atomic E-state index is 13.7. The Morgan fingerprint density at radius 3 is 2.50 bits per heavy atom. The van der Waals surface area contributed by atoms with Crippen molar-refractivity contribution in [2.24, 2.45) is 28.6 Å². The molecule has 30 heavy (non-hydrogen) atoms. The molecule has 4 fully saturated rings. The lowest BCUT2D eigenvalue weighted by molar-refractivity contribution is -0.230. The smallest absolute Gasteiger partial charge is 0.335 e. The van der Waals surface area contributed by atoms with E-state index in [0.717, 1.165) is 24.8 Å². The van der Waals surface area contributed by atoms with Crippen molar-refractivity contribution < 1.29 is 24.5 Å². The molecule has 3 N–H and O–H groups in total. The molecule has 0 spiro atoms. The molecule has 0 aromatic carbocycles. The summed E-state index contributed by atoms with van der Waals surface area (Å²) in [6.07, 6.45) is 4.71. The quantitative estimate of drug-likeness (QED) is 0.649. The second-order valence-electron chi connectivity index (χ2n) is 10.8. The fraction of sp³-hybridized carbons (Fsp3) is 0.750. The molecule has 1 heterocycles. The molecule has 1 aromatic heterocycles. The molecule has 4 saturated carbocycles. The third-order valence-electron chi connectivity index (χ3n) is 9.80. The summed E-state index contributed by atoms with van der Waals surface area (Å²) in [6, 6.07) is 3.05. The average Bonchev–Trinajstić information content (AvgIpc) is 3.00. The molecule has 4 aliphatic rings. The predicted octanol–water partition coefficient (Wildman–Crippen LogP) is 2.39. The van der Waals surface area contributed by atoms with Crippen LogP contribution in [0.4, 0.5) is 0 Å². The minimum absolute atomic E-state index is 0.153. The van der Waals surface area contributed by atoms with Crippen LogP contribution in [0.25, 0.3) is 0 Å². The van der Waals surface area contributed by atoms with E-state index in [1.165, 1.54) is 12.3 Å². The Bertz CT molecular complexity index is 904. The van der Waals surface area contributed by atoms with Gasteiger partial charge in [0.1, 0.15) is 6.10 Å². The number of hydrogen-bond donors (Lipinski definition) is 3. The normalized spacial score (nSPS) is 50.5. The summed E-state index contributed by atoms with van der Waals surface area (Å²) in [5.74, 6) is -0.752. The topological polar surface area (TPSA) is 108 Å². The second-order valence-corrected chi connectivity index (χ2v) is 10.8. The van der Waals surface area contributed by atoms with Gasteiger partial charge in [-0.15, -0.1) is 0 Å². The Hall–Kier alpha value is -1.50. The van der Waals surface area contributed by atoms with Crippen LogP contribution in [0, 0.1) is 28.6 Å². The molecule has 0 radical (unpaired) electrons. The number of fused-ring (bicyclic) bond motifs is 5. The first-order valence-corrected chi connectivity index (χ1v) is 11.3. The summed E-state index contributed by atoms with van der Waals surface area (Å²) < 4.78 is 5.07. The van der Waals surface area contributed by atoms with E-state index in [0.29, 0.717) is 25.7 Å². The summed E-state index contributed by atoms with van der Waals surface area (Å²) in [5.41, 5.74) is -2.17. The number of aliphatic hydroxyl groups excluding tert-OH is 2. The first-order valence-electron chi connectivity index (χ1n) is 11.3. The first kappa shape index (κ1) is 20.4. The van der Waals surface area contributed by atoms with E-state index in [1.54, 1.807) is 6.07 Å². The molecule has 0 aliphatic heterocycles. The van der Waals surface area contributed by atoms with Gasteiger partial charge in [-0.05, 0) is 79.7 Å². The predicted molar refractivity (Wildman–Crippen MR) is 109 cm³/mol. The zero-order chi connectivity index (χ0) is 21.5. The van der Waals surface area contributed by atoms with Crippen LogP contribution in [0.15, 0.2) is 27.6 Å². The number of carbonyl (C=O) groups excluding carboxylic acids is 1. The molecule has 1 aromatic rings. The van der Waals surface area contributed by atoms with Crippen LogP contribution in [0.1, 0.15) is 70.3 Å². The monoisotopic (exact) mass is 416 g/mol. The van der Waals surface area contributed by atoms with Gasteiger partial charge in [-0.2, -0.15) is 0 Å². The van der Waals surface area contributed by atoms with Gasteiger partial charge in [-0.3, -0.25) is 4.79 Å². The number of hydrogen-bond acceptors (Lipinski definition) is 6. The van der Waals surface area contributed by atoms with Crippen LogP contribution < -0.4 is 5.63 Å². The Labute approximate surface area is 176 Å². The van der Waals surface area contributed by atoms with Gasteiger partial charge >= 0.3 is 5.63 Å². The molecular formula is C24H32O6. The van der Waals surface area contributed by atoms with Crippen LogP contribution in [0.3, 0.4) is 0 Å². The molecule has 0 bridgehead atoms. The zero-order valence-corrected chi connectivity index (χ0v) is 17.7. The van der Waals surface area contributed by atoms with E-state index in [4.69, 9.17) is 4.42 Å². The van der Waals surface area contributed by atoms with Crippen LogP contribution in [-0.4, -0.2) is 38.9 Å². The van der Waals surface area contributed by atoms with Crippen molar-refractivity contribution >= 4 is 5.78 Å². The van der Waals surface area contributed by atoms with Gasteiger partial charge in [0, 0.05) is 17.4 Å². The molecular weight excluding hydrogens is 384 g/mol. The van der Waals surface area contributed by atoms with Gasteiger partial charge in [0.15, 0.2) is 5.78 Å². The van der Waals surface area contributed by atoms with E-state index in [9.17, 15) is 24.9 Å². The Kier molecular flexibility index (Phi) is 4.42. The van der Waals surface area contributed by atoms with E-state index in [-0.39, 0.29) is 41.0 Å². The third-order valence-corrected chi connectivity index (χ3v) is 9.80. The van der Waals surface area contributed by atoms with Gasteiger partial charge in [-0.25, -0.2) is 4.79 Å². The lowest BCUT2D eigenvalue weighted by Gasteiger charge is -2.63. The van der Waals surface area contributed by atoms with E-state index in [2.05, 4.69) is 6.92 Å². The van der Waals surface area contributed by atoms with Crippen molar-refractivity contribution in [3.8, 4) is 0 Å². The third kappa shape index (κ3) is 2.41. The van der Waals surface area contributed by atoms with E-state index >= 15 is 0 Å². The second kappa shape index (κ2) is 6.50. The highest BCUT2D eigenvalue weighted by Gasteiger charge is 2.73. The Morgan fingerprint density at radius 1 is 1.03 bits per heavy atom. The maximum absolute atomic E-state index is 13.7. The number of Topliss-reactive ketones (excluding diaryl/α,β-unsaturated/α-hetero) is 1. The van der Waals surface area contributed by atoms with E-state index < -0.39 is 22.7 Å². The lowest BCUT2D eigenvalue weighted by atomic mass is 9.42. The summed E-state index contributed by atoms with van der Waals surface area (Å²) in [5, 5.41) is 33.7. The van der Waals surface area contributed by atoms with Gasteiger partial charge < -0.3 is 19.7 Å². The zero-order valence-electron chi connectivity index (χ0n) is 17.7. The minimum Gasteiger partial charge on any atom is -0.431 e. The van der Waals surface area contributed by atoms with Crippen molar-refractivity contribution in [1.29, 1.82) is 0 Å². The largest absolute Gasteiger partial charge is 0.431 e. The molecule has 4 aliphatic carbocycles. The number of aliphatic hydroxyl groups is 3. The highest BCUT2D eigenvalue weighted by molar-refractivity contribution is 5.89. The van der Waals surface area contributed by atoms with Gasteiger partial charge in [0.2, 0.25) is 0 Å². The molecule has 6 nitrogen and oxygen atoms in total. The van der Waals surface area contributed by atoms with Crippen LogP contribution in [0.2, 0.25) is 0 Å². The fourth-order valence-electron chi connectivity index (χ4n) is 8.09. The van der Waals surface area contributed by atoms with E-state index in [1.807, 2.05) is 6.92 Å².